The van der Waals surface area contributed by atoms with Gasteiger partial charge in [0.15, 0.2) is 5.82 Å². The molecule has 2 aromatic carbocycles. The summed E-state index contributed by atoms with van der Waals surface area (Å²) in [4.78, 5) is 0. The van der Waals surface area contributed by atoms with E-state index in [1.807, 2.05) is 59.4 Å². The van der Waals surface area contributed by atoms with E-state index < -0.39 is 0 Å². The van der Waals surface area contributed by atoms with Crippen LogP contribution in [0.4, 0.5) is 11.5 Å². The van der Waals surface area contributed by atoms with E-state index in [4.69, 9.17) is 0 Å². The Labute approximate surface area is 143 Å². The predicted molar refractivity (Wildman–Crippen MR) is 101 cm³/mol. The molecule has 0 aliphatic carbocycles. The zero-order valence-corrected chi connectivity index (χ0v) is 13.7. The first kappa shape index (κ1) is 15.8. The minimum atomic E-state index is 0.819. The van der Waals surface area contributed by atoms with E-state index in [-0.39, 0.29) is 0 Å². The molecule has 0 unspecified atom stereocenters. The van der Waals surface area contributed by atoms with E-state index in [1.165, 1.54) is 11.1 Å². The van der Waals surface area contributed by atoms with Crippen molar-refractivity contribution in [1.82, 2.24) is 9.78 Å². The molecule has 0 atom stereocenters. The number of allylic oxidation sites excluding steroid dienone is 2. The van der Waals surface area contributed by atoms with Crippen molar-refractivity contribution >= 4 is 11.5 Å². The van der Waals surface area contributed by atoms with Gasteiger partial charge in [-0.15, -0.1) is 13.2 Å². The molecule has 24 heavy (non-hydrogen) atoms. The quantitative estimate of drug-likeness (QED) is 0.617. The van der Waals surface area contributed by atoms with E-state index in [0.29, 0.717) is 0 Å². The number of benzene rings is 2. The van der Waals surface area contributed by atoms with Gasteiger partial charge in [-0.2, -0.15) is 5.10 Å². The van der Waals surface area contributed by atoms with Gasteiger partial charge in [0.2, 0.25) is 0 Å². The topological polar surface area (TPSA) is 29.9 Å². The second kappa shape index (κ2) is 7.47. The van der Waals surface area contributed by atoms with Crippen LogP contribution in [-0.4, -0.2) is 9.78 Å². The van der Waals surface area contributed by atoms with Gasteiger partial charge in [0.05, 0.1) is 5.69 Å². The number of rotatable bonds is 7. The van der Waals surface area contributed by atoms with Gasteiger partial charge in [-0.1, -0.05) is 36.4 Å². The summed E-state index contributed by atoms with van der Waals surface area (Å²) < 4.78 is 1.86. The largest absolute Gasteiger partial charge is 0.339 e. The van der Waals surface area contributed by atoms with Crippen LogP contribution in [0.3, 0.4) is 0 Å². The maximum Gasteiger partial charge on any atom is 0.152 e. The molecule has 0 fully saturated rings. The van der Waals surface area contributed by atoms with Gasteiger partial charge in [0.1, 0.15) is 0 Å². The summed E-state index contributed by atoms with van der Waals surface area (Å²) in [6.07, 6.45) is 7.48. The molecule has 3 aromatic rings. The van der Waals surface area contributed by atoms with Crippen LogP contribution in [0.1, 0.15) is 11.1 Å². The molecule has 120 valence electrons. The fraction of sp³-hybridized carbons (Fsp3) is 0.0952. The van der Waals surface area contributed by atoms with Gasteiger partial charge in [-0.25, -0.2) is 4.68 Å². The Morgan fingerprint density at radius 1 is 0.917 bits per heavy atom. The van der Waals surface area contributed by atoms with Crippen LogP contribution in [-0.2, 0) is 12.8 Å². The third-order valence-corrected chi connectivity index (χ3v) is 3.69. The molecule has 0 bridgehead atoms. The van der Waals surface area contributed by atoms with Crippen molar-refractivity contribution in [2.45, 2.75) is 12.8 Å². The normalized spacial score (nSPS) is 10.3. The zero-order valence-electron chi connectivity index (χ0n) is 13.7. The van der Waals surface area contributed by atoms with Crippen molar-refractivity contribution < 1.29 is 0 Å². The molecule has 0 amide bonds. The summed E-state index contributed by atoms with van der Waals surface area (Å²) in [6, 6.07) is 18.5. The SMILES string of the molecule is C=CCc1cc(CC=C)cc(Nc2ccn(-c3ccccc3)n2)c1. The number of nitrogens with one attached hydrogen (secondary N) is 1. The Hall–Kier alpha value is -3.07. The van der Waals surface area contributed by atoms with Gasteiger partial charge in [0.25, 0.3) is 0 Å². The minimum absolute atomic E-state index is 0.819. The van der Waals surface area contributed by atoms with Gasteiger partial charge in [0, 0.05) is 18.0 Å². The lowest BCUT2D eigenvalue weighted by atomic mass is 10.0. The van der Waals surface area contributed by atoms with Gasteiger partial charge in [-0.3, -0.25) is 0 Å². The summed E-state index contributed by atoms with van der Waals surface area (Å²) in [7, 11) is 0. The first-order valence-corrected chi connectivity index (χ1v) is 8.01. The summed E-state index contributed by atoms with van der Waals surface area (Å²) in [6.45, 7) is 7.65. The standard InChI is InChI=1S/C21H21N3/c1-3-8-17-14-18(9-4-2)16-19(15-17)22-21-12-13-24(23-21)20-10-6-5-7-11-20/h3-7,10-16H,1-2,8-9H2,(H,22,23). The summed E-state index contributed by atoms with van der Waals surface area (Å²) in [5.74, 6) is 0.819. The van der Waals surface area contributed by atoms with Crippen LogP contribution in [0.5, 0.6) is 0 Å². The molecule has 0 aliphatic heterocycles. The average molecular weight is 315 g/mol. The van der Waals surface area contributed by atoms with Gasteiger partial charge >= 0.3 is 0 Å². The smallest absolute Gasteiger partial charge is 0.152 e. The lowest BCUT2D eigenvalue weighted by molar-refractivity contribution is 0.884. The molecular weight excluding hydrogens is 294 g/mol. The third kappa shape index (κ3) is 3.82. The van der Waals surface area contributed by atoms with Crippen molar-refractivity contribution in [3.8, 4) is 5.69 Å². The van der Waals surface area contributed by atoms with Crippen LogP contribution in [0.2, 0.25) is 0 Å². The molecule has 0 saturated carbocycles. The van der Waals surface area contributed by atoms with Crippen LogP contribution >= 0.6 is 0 Å². The second-order valence-corrected chi connectivity index (χ2v) is 5.63. The zero-order chi connectivity index (χ0) is 16.8. The predicted octanol–water partition coefficient (Wildman–Crippen LogP) is 5.07. The molecule has 3 nitrogen and oxygen atoms in total. The van der Waals surface area contributed by atoms with Crippen LogP contribution < -0.4 is 5.32 Å². The number of hydrogen-bond donors (Lipinski definition) is 1. The monoisotopic (exact) mass is 315 g/mol. The number of nitrogens with zero attached hydrogens (tertiary/aromatic N) is 2. The molecule has 3 rings (SSSR count). The molecule has 1 aromatic heterocycles. The summed E-state index contributed by atoms with van der Waals surface area (Å²) in [5.41, 5.74) is 4.53. The molecule has 1 N–H and O–H groups in total. The third-order valence-electron chi connectivity index (χ3n) is 3.69. The van der Waals surface area contributed by atoms with Crippen LogP contribution in [0.15, 0.2) is 86.1 Å². The summed E-state index contributed by atoms with van der Waals surface area (Å²) in [5, 5.41) is 7.98. The highest BCUT2D eigenvalue weighted by molar-refractivity contribution is 5.59. The molecular formula is C21H21N3. The Balaban J connectivity index is 1.84. The number of para-hydroxylation sites is 1. The maximum absolute atomic E-state index is 4.59. The molecule has 0 saturated heterocycles. The lowest BCUT2D eigenvalue weighted by Crippen LogP contribution is -1.98. The second-order valence-electron chi connectivity index (χ2n) is 5.63. The van der Waals surface area contributed by atoms with Crippen molar-refractivity contribution in [2.24, 2.45) is 0 Å². The molecule has 0 aliphatic rings. The van der Waals surface area contributed by atoms with E-state index in [9.17, 15) is 0 Å². The highest BCUT2D eigenvalue weighted by Gasteiger charge is 2.04. The van der Waals surface area contributed by atoms with Crippen LogP contribution in [0, 0.1) is 0 Å². The lowest BCUT2D eigenvalue weighted by Gasteiger charge is -2.09. The fourth-order valence-electron chi connectivity index (χ4n) is 2.67. The van der Waals surface area contributed by atoms with E-state index in [1.54, 1.807) is 0 Å². The molecule has 0 radical (unpaired) electrons. The Morgan fingerprint density at radius 3 is 2.21 bits per heavy atom. The fourth-order valence-corrected chi connectivity index (χ4v) is 2.67. The van der Waals surface area contributed by atoms with Crippen molar-refractivity contribution in [1.29, 1.82) is 0 Å². The Bertz CT molecular complexity index is 803. The highest BCUT2D eigenvalue weighted by atomic mass is 15.3. The van der Waals surface area contributed by atoms with Crippen molar-refractivity contribution in [2.75, 3.05) is 5.32 Å². The minimum Gasteiger partial charge on any atom is -0.339 e. The van der Waals surface area contributed by atoms with E-state index in [0.717, 1.165) is 30.0 Å². The average Bonchev–Trinajstić information content (AvgIpc) is 3.05. The Kier molecular flexibility index (Phi) is 4.92. The summed E-state index contributed by atoms with van der Waals surface area (Å²) >= 11 is 0. The molecule has 0 spiro atoms. The molecule has 1 heterocycles. The van der Waals surface area contributed by atoms with Crippen molar-refractivity contribution in [3.63, 3.8) is 0 Å². The van der Waals surface area contributed by atoms with E-state index >= 15 is 0 Å². The van der Waals surface area contributed by atoms with E-state index in [2.05, 4.69) is 41.8 Å². The number of aromatic nitrogens is 2. The van der Waals surface area contributed by atoms with Crippen molar-refractivity contribution in [3.05, 3.63) is 97.2 Å². The Morgan fingerprint density at radius 2 is 1.58 bits per heavy atom. The van der Waals surface area contributed by atoms with Crippen LogP contribution in [0.25, 0.3) is 5.69 Å². The number of hydrogen-bond acceptors (Lipinski definition) is 2. The first-order valence-electron chi connectivity index (χ1n) is 8.01. The van der Waals surface area contributed by atoms with Gasteiger partial charge < -0.3 is 5.32 Å². The highest BCUT2D eigenvalue weighted by Crippen LogP contribution is 2.21. The van der Waals surface area contributed by atoms with Gasteiger partial charge in [-0.05, 0) is 48.2 Å². The first-order chi connectivity index (χ1) is 11.8. The molecule has 3 heteroatoms. The number of anilines is 2. The maximum atomic E-state index is 4.59.